The van der Waals surface area contributed by atoms with Gasteiger partial charge in [0.15, 0.2) is 0 Å². The molecule has 2 aliphatic carbocycles. The van der Waals surface area contributed by atoms with Crippen molar-refractivity contribution in [1.29, 1.82) is 0 Å². The van der Waals surface area contributed by atoms with Crippen LogP contribution in [0.15, 0.2) is 24.3 Å². The molecule has 0 amide bonds. The van der Waals surface area contributed by atoms with Gasteiger partial charge in [-0.15, -0.1) is 0 Å². The number of rotatable bonds is 0. The monoisotopic (exact) mass is 202 g/mol. The normalized spacial score (nSPS) is 33.7. The van der Waals surface area contributed by atoms with Crippen LogP contribution in [0, 0.1) is 5.92 Å². The smallest absolute Gasteiger partial charge is 0.146 e. The Labute approximate surface area is 88.9 Å². The molecule has 1 saturated carbocycles. The van der Waals surface area contributed by atoms with Crippen molar-refractivity contribution in [2.24, 2.45) is 5.92 Å². The lowest BCUT2D eigenvalue weighted by Crippen LogP contribution is -2.42. The quantitative estimate of drug-likeness (QED) is 0.694. The van der Waals surface area contributed by atoms with E-state index in [2.05, 4.69) is 12.1 Å². The van der Waals surface area contributed by atoms with Crippen LogP contribution in [-0.4, -0.2) is 17.0 Å². The third-order valence-corrected chi connectivity index (χ3v) is 3.79. The van der Waals surface area contributed by atoms with Crippen LogP contribution in [0.5, 0.6) is 0 Å². The lowest BCUT2D eigenvalue weighted by atomic mass is 9.67. The summed E-state index contributed by atoms with van der Waals surface area (Å²) in [5.41, 5.74) is 2.46. The van der Waals surface area contributed by atoms with Gasteiger partial charge in [-0.2, -0.15) is 0 Å². The van der Waals surface area contributed by atoms with Crippen LogP contribution in [0.2, 0.25) is 0 Å². The fraction of sp³-hybridized carbons (Fsp3) is 0.462. The number of benzene rings is 1. The second kappa shape index (κ2) is 3.17. The van der Waals surface area contributed by atoms with Gasteiger partial charge in [0.1, 0.15) is 5.78 Å². The van der Waals surface area contributed by atoms with Gasteiger partial charge in [-0.25, -0.2) is 0 Å². The molecular weight excluding hydrogens is 188 g/mol. The number of carbonyl (C=O) groups is 1. The van der Waals surface area contributed by atoms with E-state index >= 15 is 0 Å². The summed E-state index contributed by atoms with van der Waals surface area (Å²) in [4.78, 5) is 12.0. The molecule has 0 saturated heterocycles. The molecule has 2 bridgehead atoms. The van der Waals surface area contributed by atoms with E-state index in [-0.39, 0.29) is 17.6 Å². The van der Waals surface area contributed by atoms with Crippen molar-refractivity contribution in [2.45, 2.75) is 31.3 Å². The maximum Gasteiger partial charge on any atom is 0.146 e. The van der Waals surface area contributed by atoms with Gasteiger partial charge in [-0.1, -0.05) is 24.3 Å². The molecule has 0 aromatic heterocycles. The zero-order valence-corrected chi connectivity index (χ0v) is 8.52. The highest BCUT2D eigenvalue weighted by atomic mass is 16.3. The molecule has 0 radical (unpaired) electrons. The fourth-order valence-corrected chi connectivity index (χ4v) is 2.97. The minimum atomic E-state index is -0.415. The van der Waals surface area contributed by atoms with Crippen molar-refractivity contribution in [2.75, 3.05) is 0 Å². The van der Waals surface area contributed by atoms with Crippen LogP contribution in [-0.2, 0) is 11.2 Å². The van der Waals surface area contributed by atoms with Crippen molar-refractivity contribution >= 4 is 5.78 Å². The van der Waals surface area contributed by atoms with E-state index < -0.39 is 6.10 Å². The number of hydrogen-bond donors (Lipinski definition) is 1. The molecule has 0 heterocycles. The fourth-order valence-electron chi connectivity index (χ4n) is 2.97. The number of Topliss-reactive ketones (excluding diaryl/α,β-unsaturated/α-hetero) is 1. The molecule has 78 valence electrons. The van der Waals surface area contributed by atoms with Crippen LogP contribution in [0.4, 0.5) is 0 Å². The second-order valence-electron chi connectivity index (χ2n) is 4.61. The van der Waals surface area contributed by atoms with Crippen molar-refractivity contribution in [3.05, 3.63) is 35.4 Å². The molecule has 1 aromatic rings. The average Bonchev–Trinajstić information content (AvgIpc) is 2.24. The molecule has 2 nitrogen and oxygen atoms in total. The summed E-state index contributed by atoms with van der Waals surface area (Å²) in [7, 11) is 0. The Morgan fingerprint density at radius 1 is 1.20 bits per heavy atom. The van der Waals surface area contributed by atoms with Crippen LogP contribution in [0.1, 0.15) is 29.9 Å². The Morgan fingerprint density at radius 3 is 2.87 bits per heavy atom. The first-order chi connectivity index (χ1) is 7.27. The van der Waals surface area contributed by atoms with E-state index in [0.717, 1.165) is 19.3 Å². The summed E-state index contributed by atoms with van der Waals surface area (Å²) in [5.74, 6) is 0.175. The van der Waals surface area contributed by atoms with Gasteiger partial charge < -0.3 is 5.11 Å². The molecule has 1 aromatic carbocycles. The zero-order chi connectivity index (χ0) is 10.4. The third-order valence-electron chi connectivity index (χ3n) is 3.79. The van der Waals surface area contributed by atoms with E-state index in [0.29, 0.717) is 0 Å². The van der Waals surface area contributed by atoms with Gasteiger partial charge in [0.2, 0.25) is 0 Å². The molecule has 0 unspecified atom stereocenters. The molecule has 3 rings (SSSR count). The summed E-state index contributed by atoms with van der Waals surface area (Å²) >= 11 is 0. The first-order valence-corrected chi connectivity index (χ1v) is 5.57. The highest BCUT2D eigenvalue weighted by Crippen LogP contribution is 2.41. The van der Waals surface area contributed by atoms with Crippen LogP contribution in [0.3, 0.4) is 0 Å². The molecule has 3 atom stereocenters. The number of ketones is 1. The summed E-state index contributed by atoms with van der Waals surface area (Å²) < 4.78 is 0. The number of aliphatic hydroxyl groups excluding tert-OH is 1. The molecule has 1 fully saturated rings. The maximum atomic E-state index is 12.0. The van der Waals surface area contributed by atoms with Crippen LogP contribution < -0.4 is 0 Å². The van der Waals surface area contributed by atoms with Crippen LogP contribution >= 0.6 is 0 Å². The Hall–Kier alpha value is -1.15. The Balaban J connectivity index is 2.10. The SMILES string of the molecule is O=C1[C@@H]2CC[C@@H](O)[C@H]1Cc1ccccc12. The Morgan fingerprint density at radius 2 is 2.00 bits per heavy atom. The minimum Gasteiger partial charge on any atom is -0.392 e. The lowest BCUT2D eigenvalue weighted by Gasteiger charge is -2.37. The second-order valence-corrected chi connectivity index (χ2v) is 4.61. The highest BCUT2D eigenvalue weighted by Gasteiger charge is 2.42. The standard InChI is InChI=1S/C13H14O2/c14-12-6-5-10-9-4-2-1-3-8(9)7-11(12)13(10)15/h1-4,10-12,14H,5-7H2/t10-,11-,12-/m1/s1. The Kier molecular flexibility index (Phi) is 1.93. The van der Waals surface area contributed by atoms with E-state index in [4.69, 9.17) is 0 Å². The zero-order valence-electron chi connectivity index (χ0n) is 8.52. The van der Waals surface area contributed by atoms with Crippen molar-refractivity contribution in [3.8, 4) is 0 Å². The molecule has 15 heavy (non-hydrogen) atoms. The third kappa shape index (κ3) is 1.25. The van der Waals surface area contributed by atoms with Gasteiger partial charge in [0, 0.05) is 11.8 Å². The molecule has 0 spiro atoms. The highest BCUT2D eigenvalue weighted by molar-refractivity contribution is 5.91. The largest absolute Gasteiger partial charge is 0.392 e. The molecule has 1 N–H and O–H groups in total. The van der Waals surface area contributed by atoms with Crippen molar-refractivity contribution in [1.82, 2.24) is 0 Å². The average molecular weight is 202 g/mol. The number of carbonyl (C=O) groups excluding carboxylic acids is 1. The topological polar surface area (TPSA) is 37.3 Å². The Bertz CT molecular complexity index is 411. The maximum absolute atomic E-state index is 12.0. The summed E-state index contributed by atoms with van der Waals surface area (Å²) in [6.45, 7) is 0. The van der Waals surface area contributed by atoms with E-state index in [1.807, 2.05) is 12.1 Å². The van der Waals surface area contributed by atoms with Gasteiger partial charge >= 0.3 is 0 Å². The summed E-state index contributed by atoms with van der Waals surface area (Å²) in [6, 6.07) is 8.15. The number of aliphatic hydroxyl groups is 1. The summed E-state index contributed by atoms with van der Waals surface area (Å²) in [6.07, 6.45) is 1.90. The number of hydrogen-bond acceptors (Lipinski definition) is 2. The molecule has 2 heteroatoms. The molecular formula is C13H14O2. The molecule has 0 aliphatic heterocycles. The first-order valence-electron chi connectivity index (χ1n) is 5.57. The van der Waals surface area contributed by atoms with Crippen molar-refractivity contribution in [3.63, 3.8) is 0 Å². The van der Waals surface area contributed by atoms with E-state index in [1.54, 1.807) is 0 Å². The summed E-state index contributed by atoms with van der Waals surface area (Å²) in [5, 5.41) is 9.80. The van der Waals surface area contributed by atoms with Crippen molar-refractivity contribution < 1.29 is 9.90 Å². The van der Waals surface area contributed by atoms with Crippen LogP contribution in [0.25, 0.3) is 0 Å². The number of fused-ring (bicyclic) bond motifs is 4. The lowest BCUT2D eigenvalue weighted by molar-refractivity contribution is -0.132. The minimum absolute atomic E-state index is 0.0587. The predicted molar refractivity (Wildman–Crippen MR) is 56.6 cm³/mol. The van der Waals surface area contributed by atoms with Gasteiger partial charge in [0.25, 0.3) is 0 Å². The predicted octanol–water partition coefficient (Wildman–Crippen LogP) is 1.67. The molecule has 2 aliphatic rings. The first kappa shape index (κ1) is 9.10. The van der Waals surface area contributed by atoms with Gasteiger partial charge in [0.05, 0.1) is 6.10 Å². The van der Waals surface area contributed by atoms with Gasteiger partial charge in [-0.3, -0.25) is 4.79 Å². The van der Waals surface area contributed by atoms with Gasteiger partial charge in [-0.05, 0) is 30.4 Å². The van der Waals surface area contributed by atoms with E-state index in [1.165, 1.54) is 11.1 Å². The van der Waals surface area contributed by atoms with E-state index in [9.17, 15) is 9.90 Å².